The lowest BCUT2D eigenvalue weighted by atomic mass is 10.2. The first-order valence-electron chi connectivity index (χ1n) is 9.19. The van der Waals surface area contributed by atoms with Crippen LogP contribution in [0.2, 0.25) is 5.02 Å². The van der Waals surface area contributed by atoms with Crippen LogP contribution < -0.4 is 15.4 Å². The number of aryl methyl sites for hydroxylation is 1. The molecule has 3 aromatic rings. The van der Waals surface area contributed by atoms with Gasteiger partial charge in [0.15, 0.2) is 0 Å². The maximum absolute atomic E-state index is 13.9. The summed E-state index contributed by atoms with van der Waals surface area (Å²) in [6.45, 7) is 1.54. The molecule has 6 nitrogen and oxygen atoms in total. The second-order valence-corrected chi connectivity index (χ2v) is 8.95. The summed E-state index contributed by atoms with van der Waals surface area (Å²) >= 11 is 5.79. The lowest BCUT2D eigenvalue weighted by molar-refractivity contribution is -0.137. The molecule has 0 heterocycles. The number of amides is 2. The molecule has 2 amide bonds. The van der Waals surface area contributed by atoms with Crippen LogP contribution >= 0.6 is 11.6 Å². The maximum atomic E-state index is 13.9. The van der Waals surface area contributed by atoms with Gasteiger partial charge in [0.1, 0.15) is 5.82 Å². The standard InChI is InChI=1S/C21H16ClF4N3O3S/c1-12-2-6-16(11-19(12)33(31,32)29-15-7-4-14(22)5-8-15)27-20(30)28-18-10-13(21(24,25)26)3-9-17(18)23/h2-11,29H,1H3,(H2,27,28,30). The van der Waals surface area contributed by atoms with E-state index < -0.39 is 39.3 Å². The maximum Gasteiger partial charge on any atom is 0.416 e. The zero-order chi connectivity index (χ0) is 24.4. The molecular formula is C21H16ClF4N3O3S. The SMILES string of the molecule is Cc1ccc(NC(=O)Nc2cc(C(F)(F)F)ccc2F)cc1S(=O)(=O)Nc1ccc(Cl)cc1. The second kappa shape index (κ2) is 9.28. The Hall–Kier alpha value is -3.31. The molecule has 3 aromatic carbocycles. The molecule has 0 aliphatic rings. The summed E-state index contributed by atoms with van der Waals surface area (Å²) in [5, 5.41) is 4.69. The number of carbonyl (C=O) groups excluding carboxylic acids is 1. The Kier molecular flexibility index (Phi) is 6.84. The lowest BCUT2D eigenvalue weighted by Gasteiger charge is -2.14. The quantitative estimate of drug-likeness (QED) is 0.361. The summed E-state index contributed by atoms with van der Waals surface area (Å²) in [5.41, 5.74) is -1.19. The first kappa shape index (κ1) is 24.3. The average Bonchev–Trinajstić information content (AvgIpc) is 2.71. The molecule has 33 heavy (non-hydrogen) atoms. The number of urea groups is 1. The third kappa shape index (κ3) is 6.14. The number of hydrogen-bond donors (Lipinski definition) is 3. The highest BCUT2D eigenvalue weighted by Crippen LogP contribution is 2.32. The van der Waals surface area contributed by atoms with Gasteiger partial charge >= 0.3 is 12.2 Å². The fraction of sp³-hybridized carbons (Fsp3) is 0.0952. The molecule has 0 saturated heterocycles. The van der Waals surface area contributed by atoms with E-state index in [1.807, 2.05) is 5.32 Å². The number of hydrogen-bond acceptors (Lipinski definition) is 3. The Balaban J connectivity index is 1.80. The fourth-order valence-electron chi connectivity index (χ4n) is 2.78. The van der Waals surface area contributed by atoms with Gasteiger partial charge in [-0.1, -0.05) is 17.7 Å². The van der Waals surface area contributed by atoms with Crippen molar-refractivity contribution < 1.29 is 30.8 Å². The number of alkyl halides is 3. The molecule has 0 aliphatic carbocycles. The van der Waals surface area contributed by atoms with Crippen LogP contribution in [-0.4, -0.2) is 14.4 Å². The topological polar surface area (TPSA) is 87.3 Å². The third-order valence-corrected chi connectivity index (χ3v) is 6.15. The number of rotatable bonds is 5. The molecular weight excluding hydrogens is 486 g/mol. The van der Waals surface area contributed by atoms with Crippen molar-refractivity contribution in [2.45, 2.75) is 18.0 Å². The van der Waals surface area contributed by atoms with Crippen LogP contribution in [0.25, 0.3) is 0 Å². The van der Waals surface area contributed by atoms with E-state index in [0.717, 1.165) is 6.07 Å². The minimum atomic E-state index is -4.72. The largest absolute Gasteiger partial charge is 0.416 e. The Labute approximate surface area is 191 Å². The van der Waals surface area contributed by atoms with Crippen molar-refractivity contribution in [2.75, 3.05) is 15.4 Å². The van der Waals surface area contributed by atoms with E-state index in [9.17, 15) is 30.8 Å². The minimum absolute atomic E-state index is 0.0157. The van der Waals surface area contributed by atoms with Crippen LogP contribution in [0.15, 0.2) is 65.6 Å². The van der Waals surface area contributed by atoms with Crippen molar-refractivity contribution >= 4 is 44.7 Å². The van der Waals surface area contributed by atoms with Gasteiger partial charge in [-0.3, -0.25) is 4.72 Å². The number of sulfonamides is 1. The summed E-state index contributed by atoms with van der Waals surface area (Å²) < 4.78 is 80.3. The highest BCUT2D eigenvalue weighted by molar-refractivity contribution is 7.92. The number of benzene rings is 3. The molecule has 3 rings (SSSR count). The molecule has 0 atom stereocenters. The lowest BCUT2D eigenvalue weighted by Crippen LogP contribution is -2.21. The van der Waals surface area contributed by atoms with Gasteiger partial charge in [-0.05, 0) is 67.1 Å². The van der Waals surface area contributed by atoms with Crippen molar-refractivity contribution in [1.29, 1.82) is 0 Å². The Morgan fingerprint density at radius 1 is 0.909 bits per heavy atom. The summed E-state index contributed by atoms with van der Waals surface area (Å²) in [6, 6.07) is 10.4. The highest BCUT2D eigenvalue weighted by Gasteiger charge is 2.31. The Morgan fingerprint density at radius 2 is 1.55 bits per heavy atom. The van der Waals surface area contributed by atoms with E-state index in [4.69, 9.17) is 11.6 Å². The molecule has 0 radical (unpaired) electrons. The average molecular weight is 502 g/mol. The molecule has 0 aliphatic heterocycles. The molecule has 0 spiro atoms. The second-order valence-electron chi connectivity index (χ2n) is 6.86. The smallest absolute Gasteiger partial charge is 0.308 e. The highest BCUT2D eigenvalue weighted by atomic mass is 35.5. The van der Waals surface area contributed by atoms with Gasteiger partial charge < -0.3 is 10.6 Å². The molecule has 12 heteroatoms. The minimum Gasteiger partial charge on any atom is -0.308 e. The Bertz CT molecular complexity index is 1300. The zero-order valence-corrected chi connectivity index (χ0v) is 18.4. The summed E-state index contributed by atoms with van der Waals surface area (Å²) in [5.74, 6) is -1.07. The monoisotopic (exact) mass is 501 g/mol. The van der Waals surface area contributed by atoms with E-state index in [-0.39, 0.29) is 16.3 Å². The molecule has 0 bridgehead atoms. The van der Waals surface area contributed by atoms with E-state index in [1.165, 1.54) is 43.3 Å². The predicted molar refractivity (Wildman–Crippen MR) is 117 cm³/mol. The molecule has 3 N–H and O–H groups in total. The van der Waals surface area contributed by atoms with E-state index in [1.54, 1.807) is 0 Å². The number of nitrogens with one attached hydrogen (secondary N) is 3. The van der Waals surface area contributed by atoms with Gasteiger partial charge in [-0.2, -0.15) is 13.2 Å². The molecule has 0 unspecified atom stereocenters. The van der Waals surface area contributed by atoms with Crippen molar-refractivity contribution in [2.24, 2.45) is 0 Å². The molecule has 174 valence electrons. The normalized spacial score (nSPS) is 11.7. The van der Waals surface area contributed by atoms with Crippen LogP contribution in [0.5, 0.6) is 0 Å². The van der Waals surface area contributed by atoms with E-state index in [2.05, 4.69) is 10.0 Å². The van der Waals surface area contributed by atoms with Crippen LogP contribution in [0.4, 0.5) is 39.4 Å². The number of halogens is 5. The third-order valence-electron chi connectivity index (χ3n) is 4.37. The molecule has 0 fully saturated rings. The first-order chi connectivity index (χ1) is 15.3. The Morgan fingerprint density at radius 3 is 2.18 bits per heavy atom. The van der Waals surface area contributed by atoms with Crippen LogP contribution in [0.3, 0.4) is 0 Å². The van der Waals surface area contributed by atoms with Crippen molar-refractivity contribution in [3.8, 4) is 0 Å². The first-order valence-corrected chi connectivity index (χ1v) is 11.0. The van der Waals surface area contributed by atoms with Gasteiger partial charge in [0.2, 0.25) is 0 Å². The number of carbonyl (C=O) groups is 1. The van der Waals surface area contributed by atoms with Crippen LogP contribution in [0, 0.1) is 12.7 Å². The van der Waals surface area contributed by atoms with E-state index in [0.29, 0.717) is 28.8 Å². The van der Waals surface area contributed by atoms with Gasteiger partial charge in [0.05, 0.1) is 16.1 Å². The van der Waals surface area contributed by atoms with Crippen LogP contribution in [0.1, 0.15) is 11.1 Å². The van der Waals surface area contributed by atoms with Gasteiger partial charge in [0, 0.05) is 16.4 Å². The summed E-state index contributed by atoms with van der Waals surface area (Å²) in [7, 11) is -4.05. The van der Waals surface area contributed by atoms with Gasteiger partial charge in [-0.25, -0.2) is 17.6 Å². The fourth-order valence-corrected chi connectivity index (χ4v) is 4.23. The van der Waals surface area contributed by atoms with Crippen molar-refractivity contribution in [3.63, 3.8) is 0 Å². The van der Waals surface area contributed by atoms with Gasteiger partial charge in [-0.15, -0.1) is 0 Å². The van der Waals surface area contributed by atoms with Crippen molar-refractivity contribution in [1.82, 2.24) is 0 Å². The van der Waals surface area contributed by atoms with E-state index >= 15 is 0 Å². The zero-order valence-electron chi connectivity index (χ0n) is 16.8. The predicted octanol–water partition coefficient (Wildman–Crippen LogP) is 6.25. The van der Waals surface area contributed by atoms with Crippen LogP contribution in [-0.2, 0) is 16.2 Å². The molecule has 0 saturated carbocycles. The molecule has 0 aromatic heterocycles. The summed E-state index contributed by atoms with van der Waals surface area (Å²) in [6.07, 6.45) is -4.72. The number of anilines is 3. The van der Waals surface area contributed by atoms with Crippen molar-refractivity contribution in [3.05, 3.63) is 82.6 Å². The summed E-state index contributed by atoms with van der Waals surface area (Å²) in [4.78, 5) is 12.1. The van der Waals surface area contributed by atoms with Gasteiger partial charge in [0.25, 0.3) is 10.0 Å².